The Bertz CT molecular complexity index is 1840. The summed E-state index contributed by atoms with van der Waals surface area (Å²) < 4.78 is 56.5. The molecule has 5 rings (SSSR count). The molecule has 0 aromatic heterocycles. The first-order valence-corrected chi connectivity index (χ1v) is 16.8. The van der Waals surface area contributed by atoms with E-state index in [1.165, 1.54) is 30.3 Å². The molecule has 10 nitrogen and oxygen atoms in total. The van der Waals surface area contributed by atoms with Crippen molar-refractivity contribution in [2.75, 3.05) is 25.0 Å². The molecule has 1 aliphatic heterocycles. The third-order valence-corrected chi connectivity index (χ3v) is 11.2. The molecule has 1 aliphatic rings. The largest absolute Gasteiger partial charge is 0.345 e. The molecule has 0 aliphatic carbocycles. The van der Waals surface area contributed by atoms with Crippen molar-refractivity contribution in [2.24, 2.45) is 0 Å². The van der Waals surface area contributed by atoms with E-state index < -0.39 is 44.4 Å². The van der Waals surface area contributed by atoms with Crippen LogP contribution in [0.15, 0.2) is 125 Å². The van der Waals surface area contributed by atoms with Crippen LogP contribution in [0.2, 0.25) is 0 Å². The summed E-state index contributed by atoms with van der Waals surface area (Å²) in [5.74, 6) is -1.21. The maximum absolute atomic E-state index is 13.9. The molecule has 1 saturated heterocycles. The van der Waals surface area contributed by atoms with Gasteiger partial charge in [-0.3, -0.25) is 9.59 Å². The number of nitrogens with zero attached hydrogens (tertiary/aromatic N) is 2. The molecule has 0 saturated carbocycles. The van der Waals surface area contributed by atoms with Crippen LogP contribution >= 0.6 is 0 Å². The number of carbonyl (C=O) groups excluding carboxylic acids is 2. The van der Waals surface area contributed by atoms with Gasteiger partial charge >= 0.3 is 0 Å². The Labute approximate surface area is 257 Å². The van der Waals surface area contributed by atoms with Crippen LogP contribution in [0, 0.1) is 0 Å². The Kier molecular flexibility index (Phi) is 9.25. The highest BCUT2D eigenvalue weighted by Crippen LogP contribution is 2.27. The summed E-state index contributed by atoms with van der Waals surface area (Å²) in [6, 6.07) is 29.4. The Morgan fingerprint density at radius 1 is 0.705 bits per heavy atom. The van der Waals surface area contributed by atoms with E-state index >= 15 is 0 Å². The van der Waals surface area contributed by atoms with Crippen LogP contribution in [-0.4, -0.2) is 62.9 Å². The van der Waals surface area contributed by atoms with Gasteiger partial charge in [0.15, 0.2) is 0 Å². The fourth-order valence-corrected chi connectivity index (χ4v) is 8.09. The van der Waals surface area contributed by atoms with Gasteiger partial charge in [0.2, 0.25) is 26.0 Å². The quantitative estimate of drug-likeness (QED) is 0.288. The van der Waals surface area contributed by atoms with Crippen molar-refractivity contribution in [1.29, 1.82) is 0 Å². The van der Waals surface area contributed by atoms with Crippen LogP contribution in [0.3, 0.4) is 0 Å². The molecule has 0 bridgehead atoms. The average Bonchev–Trinajstić information content (AvgIpc) is 3.05. The molecule has 0 unspecified atom stereocenters. The summed E-state index contributed by atoms with van der Waals surface area (Å²) >= 11 is 0. The Morgan fingerprint density at radius 3 is 1.84 bits per heavy atom. The summed E-state index contributed by atoms with van der Waals surface area (Å²) in [5.41, 5.74) is 1.23. The van der Waals surface area contributed by atoms with Crippen LogP contribution in [0.4, 0.5) is 5.69 Å². The van der Waals surface area contributed by atoms with Crippen molar-refractivity contribution >= 4 is 37.5 Å². The Hall–Kier alpha value is -4.36. The predicted molar refractivity (Wildman–Crippen MR) is 167 cm³/mol. The molecule has 0 radical (unpaired) electrons. The molecule has 0 spiro atoms. The van der Waals surface area contributed by atoms with Gasteiger partial charge in [-0.2, -0.15) is 8.61 Å². The number of para-hydroxylation sites is 1. The van der Waals surface area contributed by atoms with Crippen molar-refractivity contribution < 1.29 is 26.4 Å². The maximum Gasteiger partial charge on any atom is 0.253 e. The number of carbonyl (C=O) groups is 2. The highest BCUT2D eigenvalue weighted by molar-refractivity contribution is 7.89. The number of sulfonamides is 2. The lowest BCUT2D eigenvalue weighted by Gasteiger charge is -2.39. The number of hydrogen-bond donors (Lipinski definition) is 2. The first kappa shape index (κ1) is 31.1. The van der Waals surface area contributed by atoms with E-state index in [9.17, 15) is 26.4 Å². The monoisotopic (exact) mass is 632 g/mol. The van der Waals surface area contributed by atoms with E-state index in [1.54, 1.807) is 54.6 Å². The third-order valence-electron chi connectivity index (χ3n) is 7.40. The van der Waals surface area contributed by atoms with Crippen molar-refractivity contribution in [3.63, 3.8) is 0 Å². The highest BCUT2D eigenvalue weighted by Gasteiger charge is 2.43. The number of rotatable bonds is 9. The number of anilines is 1. The molecule has 2 amide bonds. The van der Waals surface area contributed by atoms with E-state index in [0.717, 1.165) is 14.2 Å². The van der Waals surface area contributed by atoms with Crippen LogP contribution in [-0.2, 0) is 24.8 Å². The molecule has 4 aromatic carbocycles. The lowest BCUT2D eigenvalue weighted by atomic mass is 10.1. The van der Waals surface area contributed by atoms with Gasteiger partial charge in [0.1, 0.15) is 6.04 Å². The summed E-state index contributed by atoms with van der Waals surface area (Å²) in [7, 11) is -8.21. The van der Waals surface area contributed by atoms with Crippen LogP contribution in [0.5, 0.6) is 0 Å². The molecule has 2 atom stereocenters. The molecule has 4 aromatic rings. The van der Waals surface area contributed by atoms with E-state index in [2.05, 4.69) is 10.6 Å². The molecular weight excluding hydrogens is 601 g/mol. The van der Waals surface area contributed by atoms with Gasteiger partial charge in [0.25, 0.3) is 5.91 Å². The summed E-state index contributed by atoms with van der Waals surface area (Å²) in [6.07, 6.45) is 0. The maximum atomic E-state index is 13.9. The standard InChI is InChI=1S/C32H32N4O6S2/c1-24(25-13-5-2-6-14-25)33-31(37)28-19-11-12-20-29(28)34-32(38)30-23-35(43(39,40)26-15-7-3-8-16-26)21-22-36(30)44(41,42)27-17-9-4-10-18-27/h2-20,24,30H,21-23H2,1H3,(H,33,37)(H,34,38)/t24-,30+/m1/s1. The summed E-state index contributed by atoms with van der Waals surface area (Å²) in [5, 5.41) is 5.63. The normalized spacial score (nSPS) is 17.0. The number of benzene rings is 4. The molecule has 12 heteroatoms. The van der Waals surface area contributed by atoms with Crippen molar-refractivity contribution in [2.45, 2.75) is 28.8 Å². The van der Waals surface area contributed by atoms with Crippen molar-refractivity contribution in [3.8, 4) is 0 Å². The van der Waals surface area contributed by atoms with Crippen LogP contribution in [0.25, 0.3) is 0 Å². The van der Waals surface area contributed by atoms with E-state index in [1.807, 2.05) is 37.3 Å². The lowest BCUT2D eigenvalue weighted by Crippen LogP contribution is -2.60. The predicted octanol–water partition coefficient (Wildman–Crippen LogP) is 3.88. The molecule has 228 valence electrons. The van der Waals surface area contributed by atoms with Gasteiger partial charge in [-0.05, 0) is 48.9 Å². The topological polar surface area (TPSA) is 133 Å². The van der Waals surface area contributed by atoms with E-state index in [0.29, 0.717) is 0 Å². The SMILES string of the molecule is C[C@@H](NC(=O)c1ccccc1NC(=O)[C@@H]1CN(S(=O)(=O)c2ccccc2)CCN1S(=O)(=O)c1ccccc1)c1ccccc1. The zero-order chi connectivity index (χ0) is 31.3. The number of hydrogen-bond acceptors (Lipinski definition) is 6. The van der Waals surface area contributed by atoms with Gasteiger partial charge in [-0.1, -0.05) is 78.9 Å². The zero-order valence-electron chi connectivity index (χ0n) is 23.9. The molecular formula is C32H32N4O6S2. The first-order chi connectivity index (χ1) is 21.1. The fourth-order valence-electron chi connectivity index (χ4n) is 5.04. The Balaban J connectivity index is 1.44. The number of piperazine rings is 1. The molecule has 2 N–H and O–H groups in total. The smallest absolute Gasteiger partial charge is 0.253 e. The van der Waals surface area contributed by atoms with Crippen LogP contribution < -0.4 is 10.6 Å². The van der Waals surface area contributed by atoms with Crippen molar-refractivity contribution in [1.82, 2.24) is 13.9 Å². The van der Waals surface area contributed by atoms with E-state index in [-0.39, 0.29) is 40.2 Å². The minimum atomic E-state index is -4.18. The van der Waals surface area contributed by atoms with Gasteiger partial charge in [-0.25, -0.2) is 16.8 Å². The van der Waals surface area contributed by atoms with Gasteiger partial charge in [0.05, 0.1) is 27.1 Å². The minimum Gasteiger partial charge on any atom is -0.345 e. The fraction of sp³-hybridized carbons (Fsp3) is 0.188. The minimum absolute atomic E-state index is 0.0214. The summed E-state index contributed by atoms with van der Waals surface area (Å²) in [6.45, 7) is 1.01. The van der Waals surface area contributed by atoms with Gasteiger partial charge < -0.3 is 10.6 Å². The zero-order valence-corrected chi connectivity index (χ0v) is 25.5. The molecule has 44 heavy (non-hydrogen) atoms. The lowest BCUT2D eigenvalue weighted by molar-refractivity contribution is -0.120. The van der Waals surface area contributed by atoms with Crippen molar-refractivity contribution in [3.05, 3.63) is 126 Å². The number of nitrogens with one attached hydrogen (secondary N) is 2. The second-order valence-electron chi connectivity index (χ2n) is 10.3. The molecule has 1 fully saturated rings. The first-order valence-electron chi connectivity index (χ1n) is 14.0. The average molecular weight is 633 g/mol. The van der Waals surface area contributed by atoms with Crippen LogP contribution in [0.1, 0.15) is 28.9 Å². The molecule has 1 heterocycles. The van der Waals surface area contributed by atoms with Gasteiger partial charge in [0, 0.05) is 19.6 Å². The van der Waals surface area contributed by atoms with E-state index in [4.69, 9.17) is 0 Å². The third kappa shape index (κ3) is 6.58. The number of amides is 2. The second-order valence-corrected chi connectivity index (χ2v) is 14.1. The second kappa shape index (κ2) is 13.1. The Morgan fingerprint density at radius 2 is 1.23 bits per heavy atom. The highest BCUT2D eigenvalue weighted by atomic mass is 32.2. The van der Waals surface area contributed by atoms with Gasteiger partial charge in [-0.15, -0.1) is 0 Å². The summed E-state index contributed by atoms with van der Waals surface area (Å²) in [4.78, 5) is 27.2.